The first kappa shape index (κ1) is 18.3. The Hall–Kier alpha value is -2.09. The lowest BCUT2D eigenvalue weighted by Gasteiger charge is -2.17. The van der Waals surface area contributed by atoms with Crippen LogP contribution in [0.3, 0.4) is 0 Å². The van der Waals surface area contributed by atoms with Gasteiger partial charge in [-0.15, -0.1) is 0 Å². The van der Waals surface area contributed by atoms with Gasteiger partial charge in [-0.05, 0) is 55.5 Å². The van der Waals surface area contributed by atoms with Gasteiger partial charge in [-0.1, -0.05) is 11.6 Å². The molecule has 0 radical (unpaired) electrons. The Morgan fingerprint density at radius 1 is 1.12 bits per heavy atom. The number of carbonyl (C=O) groups excluding carboxylic acids is 1. The number of hydrogen-bond acceptors (Lipinski definition) is 5. The molecule has 1 N–H and O–H groups in total. The average Bonchev–Trinajstić information content (AvgIpc) is 2.56. The molecule has 0 aromatic heterocycles. The summed E-state index contributed by atoms with van der Waals surface area (Å²) < 4.78 is 30.1. The zero-order valence-corrected chi connectivity index (χ0v) is 14.4. The summed E-state index contributed by atoms with van der Waals surface area (Å²) in [5, 5.41) is 10.2. The normalized spacial score (nSPS) is 12.5. The Labute approximate surface area is 145 Å². The maximum atomic E-state index is 12.3. The number of hydroxylamine groups is 2. The number of halogens is 1. The molecule has 128 valence electrons. The van der Waals surface area contributed by atoms with Crippen molar-refractivity contribution in [1.29, 1.82) is 0 Å². The maximum absolute atomic E-state index is 12.3. The summed E-state index contributed by atoms with van der Waals surface area (Å²) >= 11 is 5.79. The molecule has 8 heteroatoms. The van der Waals surface area contributed by atoms with Crippen LogP contribution < -0.4 is 4.74 Å². The molecular weight excluding hydrogens is 354 g/mol. The van der Waals surface area contributed by atoms with Crippen molar-refractivity contribution in [3.63, 3.8) is 0 Å². The molecule has 0 aliphatic carbocycles. The second-order valence-corrected chi connectivity index (χ2v) is 7.61. The van der Waals surface area contributed by atoms with E-state index in [9.17, 15) is 18.4 Å². The highest BCUT2D eigenvalue weighted by Gasteiger charge is 2.21. The van der Waals surface area contributed by atoms with Crippen LogP contribution >= 0.6 is 11.6 Å². The molecule has 0 aliphatic heterocycles. The fraction of sp³-hybridized carbons (Fsp3) is 0.188. The van der Waals surface area contributed by atoms with E-state index < -0.39 is 15.9 Å². The summed E-state index contributed by atoms with van der Waals surface area (Å²) in [5.41, 5.74) is 0. The van der Waals surface area contributed by atoms with Gasteiger partial charge < -0.3 is 4.74 Å². The summed E-state index contributed by atoms with van der Waals surface area (Å²) in [7, 11) is -3.64. The third-order valence-corrected chi connectivity index (χ3v) is 5.42. The third kappa shape index (κ3) is 4.70. The molecule has 1 unspecified atom stereocenters. The standard InChI is InChI=1S/C16H16ClNO5S/c1-12(18(20)11-19)10-24(21,22)16-8-6-15(7-9-16)23-14-4-2-13(17)3-5-14/h2-9,11-12,20H,10H2,1H3. The van der Waals surface area contributed by atoms with Crippen molar-refractivity contribution in [1.82, 2.24) is 5.06 Å². The summed E-state index contributed by atoms with van der Waals surface area (Å²) in [6, 6.07) is 11.8. The number of amides is 1. The molecule has 0 spiro atoms. The largest absolute Gasteiger partial charge is 0.457 e. The summed E-state index contributed by atoms with van der Waals surface area (Å²) in [4.78, 5) is 10.5. The van der Waals surface area contributed by atoms with Crippen LogP contribution in [0.2, 0.25) is 5.02 Å². The van der Waals surface area contributed by atoms with E-state index in [0.717, 1.165) is 0 Å². The minimum atomic E-state index is -3.64. The van der Waals surface area contributed by atoms with Crippen LogP contribution in [0.4, 0.5) is 0 Å². The number of carbonyl (C=O) groups is 1. The first-order valence-corrected chi connectivity index (χ1v) is 9.03. The van der Waals surface area contributed by atoms with Gasteiger partial charge in [-0.3, -0.25) is 10.0 Å². The van der Waals surface area contributed by atoms with Gasteiger partial charge in [-0.2, -0.15) is 0 Å². The van der Waals surface area contributed by atoms with Gasteiger partial charge in [0, 0.05) is 5.02 Å². The number of nitrogens with zero attached hydrogens (tertiary/aromatic N) is 1. The van der Waals surface area contributed by atoms with Gasteiger partial charge in [0.05, 0.1) is 16.7 Å². The molecule has 0 aliphatic rings. The van der Waals surface area contributed by atoms with E-state index >= 15 is 0 Å². The molecule has 1 amide bonds. The van der Waals surface area contributed by atoms with Crippen LogP contribution in [0.5, 0.6) is 11.5 Å². The number of benzene rings is 2. The molecule has 2 rings (SSSR count). The van der Waals surface area contributed by atoms with Gasteiger partial charge in [0.25, 0.3) is 0 Å². The van der Waals surface area contributed by atoms with Crippen molar-refractivity contribution in [2.45, 2.75) is 17.9 Å². The molecule has 2 aromatic carbocycles. The van der Waals surface area contributed by atoms with Gasteiger partial charge in [0.15, 0.2) is 9.84 Å². The van der Waals surface area contributed by atoms with E-state index in [2.05, 4.69) is 0 Å². The molecule has 0 heterocycles. The second-order valence-electron chi connectivity index (χ2n) is 5.14. The van der Waals surface area contributed by atoms with Gasteiger partial charge >= 0.3 is 0 Å². The number of rotatable bonds is 7. The van der Waals surface area contributed by atoms with E-state index in [1.54, 1.807) is 24.3 Å². The third-order valence-electron chi connectivity index (χ3n) is 3.25. The molecule has 0 bridgehead atoms. The van der Waals surface area contributed by atoms with Crippen LogP contribution in [-0.4, -0.2) is 36.9 Å². The van der Waals surface area contributed by atoms with Crippen LogP contribution in [0, 0.1) is 0 Å². The molecular formula is C16H16ClNO5S. The Morgan fingerprint density at radius 3 is 2.12 bits per heavy atom. The Kier molecular flexibility index (Phi) is 5.82. The zero-order valence-electron chi connectivity index (χ0n) is 12.8. The fourth-order valence-corrected chi connectivity index (χ4v) is 3.60. The van der Waals surface area contributed by atoms with E-state index in [1.165, 1.54) is 31.2 Å². The smallest absolute Gasteiger partial charge is 0.233 e. The van der Waals surface area contributed by atoms with E-state index in [4.69, 9.17) is 16.3 Å². The highest BCUT2D eigenvalue weighted by Crippen LogP contribution is 2.24. The van der Waals surface area contributed by atoms with Gasteiger partial charge in [0.1, 0.15) is 11.5 Å². The number of ether oxygens (including phenoxy) is 1. The van der Waals surface area contributed by atoms with Gasteiger partial charge in [0.2, 0.25) is 6.41 Å². The first-order valence-electron chi connectivity index (χ1n) is 7.00. The van der Waals surface area contributed by atoms with Crippen molar-refractivity contribution in [2.75, 3.05) is 5.75 Å². The summed E-state index contributed by atoms with van der Waals surface area (Å²) in [6.45, 7) is 1.43. The number of hydrogen-bond donors (Lipinski definition) is 1. The highest BCUT2D eigenvalue weighted by atomic mass is 35.5. The Bertz CT molecular complexity index is 790. The fourth-order valence-electron chi connectivity index (χ4n) is 1.95. The van der Waals surface area contributed by atoms with Crippen molar-refractivity contribution in [3.8, 4) is 11.5 Å². The van der Waals surface area contributed by atoms with Crippen molar-refractivity contribution in [2.24, 2.45) is 0 Å². The molecule has 0 saturated heterocycles. The zero-order chi connectivity index (χ0) is 17.7. The lowest BCUT2D eigenvalue weighted by Crippen LogP contribution is -2.34. The van der Waals surface area contributed by atoms with Crippen molar-refractivity contribution < 1.29 is 23.2 Å². The lowest BCUT2D eigenvalue weighted by molar-refractivity contribution is -0.156. The summed E-state index contributed by atoms with van der Waals surface area (Å²) in [6.07, 6.45) is 0.170. The topological polar surface area (TPSA) is 83.9 Å². The van der Waals surface area contributed by atoms with E-state index in [1.807, 2.05) is 0 Å². The average molecular weight is 370 g/mol. The minimum absolute atomic E-state index is 0.0807. The molecule has 24 heavy (non-hydrogen) atoms. The summed E-state index contributed by atoms with van der Waals surface area (Å²) in [5.74, 6) is 0.658. The van der Waals surface area contributed by atoms with Crippen LogP contribution in [0.25, 0.3) is 0 Å². The molecule has 2 aromatic rings. The van der Waals surface area contributed by atoms with E-state index in [0.29, 0.717) is 21.6 Å². The first-order chi connectivity index (χ1) is 11.3. The molecule has 0 fully saturated rings. The Balaban J connectivity index is 2.10. The minimum Gasteiger partial charge on any atom is -0.457 e. The van der Waals surface area contributed by atoms with E-state index in [-0.39, 0.29) is 17.1 Å². The van der Waals surface area contributed by atoms with Crippen LogP contribution in [0.1, 0.15) is 6.92 Å². The molecule has 6 nitrogen and oxygen atoms in total. The lowest BCUT2D eigenvalue weighted by atomic mass is 10.3. The van der Waals surface area contributed by atoms with Crippen LogP contribution in [0.15, 0.2) is 53.4 Å². The second kappa shape index (κ2) is 7.65. The quantitative estimate of drug-likeness (QED) is 0.460. The Morgan fingerprint density at radius 2 is 1.62 bits per heavy atom. The molecule has 0 saturated carbocycles. The highest BCUT2D eigenvalue weighted by molar-refractivity contribution is 7.91. The predicted molar refractivity (Wildman–Crippen MR) is 89.2 cm³/mol. The SMILES string of the molecule is CC(CS(=O)(=O)c1ccc(Oc2ccc(Cl)cc2)cc1)N(O)C=O. The number of sulfone groups is 1. The van der Waals surface area contributed by atoms with Crippen molar-refractivity contribution in [3.05, 3.63) is 53.6 Å². The van der Waals surface area contributed by atoms with Crippen LogP contribution in [-0.2, 0) is 14.6 Å². The maximum Gasteiger partial charge on any atom is 0.233 e. The molecule has 1 atom stereocenters. The van der Waals surface area contributed by atoms with Crippen molar-refractivity contribution >= 4 is 27.8 Å². The predicted octanol–water partition coefficient (Wildman–Crippen LogP) is 3.14. The van der Waals surface area contributed by atoms with Gasteiger partial charge in [-0.25, -0.2) is 13.5 Å². The monoisotopic (exact) mass is 369 g/mol.